The first-order chi connectivity index (χ1) is 9.52. The van der Waals surface area contributed by atoms with E-state index in [1.807, 2.05) is 19.1 Å². The summed E-state index contributed by atoms with van der Waals surface area (Å²) in [6.07, 6.45) is -0.956. The molecule has 1 atom stereocenters. The molecule has 3 nitrogen and oxygen atoms in total. The lowest BCUT2D eigenvalue weighted by Gasteiger charge is -2.16. The molecule has 0 saturated carbocycles. The van der Waals surface area contributed by atoms with Crippen LogP contribution < -0.4 is 9.47 Å². The highest BCUT2D eigenvalue weighted by molar-refractivity contribution is 5.47. The number of methoxy groups -OCH3 is 1. The van der Waals surface area contributed by atoms with Crippen LogP contribution in [0, 0.1) is 12.7 Å². The van der Waals surface area contributed by atoms with Gasteiger partial charge in [-0.1, -0.05) is 12.1 Å². The van der Waals surface area contributed by atoms with Gasteiger partial charge in [0.15, 0.2) is 11.5 Å². The van der Waals surface area contributed by atoms with E-state index in [0.29, 0.717) is 11.5 Å². The Morgan fingerprint density at radius 3 is 2.50 bits per heavy atom. The van der Waals surface area contributed by atoms with E-state index in [1.165, 1.54) is 19.1 Å². The fourth-order valence-electron chi connectivity index (χ4n) is 1.99. The first-order valence-corrected chi connectivity index (χ1v) is 6.32. The van der Waals surface area contributed by atoms with Gasteiger partial charge >= 0.3 is 0 Å². The summed E-state index contributed by atoms with van der Waals surface area (Å²) in [6.45, 7) is 3.44. The molecule has 0 amide bonds. The maximum atomic E-state index is 13.8. The number of hydrogen-bond acceptors (Lipinski definition) is 3. The van der Waals surface area contributed by atoms with Crippen molar-refractivity contribution >= 4 is 0 Å². The average molecular weight is 276 g/mol. The molecule has 2 rings (SSSR count). The van der Waals surface area contributed by atoms with Crippen molar-refractivity contribution in [3.63, 3.8) is 0 Å². The van der Waals surface area contributed by atoms with Gasteiger partial charge in [0.2, 0.25) is 0 Å². The molecule has 0 aromatic heterocycles. The van der Waals surface area contributed by atoms with E-state index in [9.17, 15) is 9.50 Å². The van der Waals surface area contributed by atoms with Crippen LogP contribution in [0.4, 0.5) is 4.39 Å². The molecule has 0 bridgehead atoms. The fourth-order valence-corrected chi connectivity index (χ4v) is 1.99. The van der Waals surface area contributed by atoms with Crippen LogP contribution in [0.2, 0.25) is 0 Å². The first kappa shape index (κ1) is 14.3. The number of aliphatic hydroxyl groups excluding tert-OH is 1. The summed E-state index contributed by atoms with van der Waals surface area (Å²) < 4.78 is 24.7. The molecule has 0 aliphatic carbocycles. The monoisotopic (exact) mass is 276 g/mol. The molecule has 2 aromatic carbocycles. The number of halogens is 1. The van der Waals surface area contributed by atoms with Crippen molar-refractivity contribution in [2.45, 2.75) is 20.0 Å². The zero-order valence-electron chi connectivity index (χ0n) is 11.7. The molecule has 4 heteroatoms. The summed E-state index contributed by atoms with van der Waals surface area (Å²) in [6, 6.07) is 9.91. The van der Waals surface area contributed by atoms with Gasteiger partial charge in [-0.05, 0) is 43.7 Å². The largest absolute Gasteiger partial charge is 0.493 e. The molecule has 0 radical (unpaired) electrons. The molecule has 0 aliphatic rings. The summed E-state index contributed by atoms with van der Waals surface area (Å²) >= 11 is 0. The molecule has 2 aromatic rings. The van der Waals surface area contributed by atoms with E-state index in [-0.39, 0.29) is 11.3 Å². The van der Waals surface area contributed by atoms with Gasteiger partial charge in [0.25, 0.3) is 0 Å². The number of ether oxygens (including phenoxy) is 2. The van der Waals surface area contributed by atoms with Crippen LogP contribution in [0.3, 0.4) is 0 Å². The minimum absolute atomic E-state index is 0.134. The molecular formula is C16H17FO3. The van der Waals surface area contributed by atoms with E-state index in [0.717, 1.165) is 5.56 Å². The maximum Gasteiger partial charge on any atom is 0.169 e. The van der Waals surface area contributed by atoms with Crippen molar-refractivity contribution in [1.82, 2.24) is 0 Å². The Bertz CT molecular complexity index is 609. The molecule has 1 unspecified atom stereocenters. The summed E-state index contributed by atoms with van der Waals surface area (Å²) in [5.41, 5.74) is 1.17. The van der Waals surface area contributed by atoms with Gasteiger partial charge in [0.05, 0.1) is 18.8 Å². The summed E-state index contributed by atoms with van der Waals surface area (Å²) in [4.78, 5) is 0. The number of rotatable bonds is 4. The molecule has 1 N–H and O–H groups in total. The Morgan fingerprint density at radius 2 is 1.85 bits per heavy atom. The van der Waals surface area contributed by atoms with Crippen molar-refractivity contribution in [3.05, 3.63) is 53.3 Å². The molecule has 0 spiro atoms. The standard InChI is InChI=1S/C16H17FO3/c1-10-7-8-13(15(9-10)19-3)20-14-6-4-5-12(17)16(14)11(2)18/h4-9,11,18H,1-3H3. The van der Waals surface area contributed by atoms with Gasteiger partial charge in [-0.25, -0.2) is 4.39 Å². The molecule has 0 fully saturated rings. The van der Waals surface area contributed by atoms with Crippen LogP contribution in [0.5, 0.6) is 17.2 Å². The van der Waals surface area contributed by atoms with Crippen molar-refractivity contribution in [1.29, 1.82) is 0 Å². The Morgan fingerprint density at radius 1 is 1.10 bits per heavy atom. The van der Waals surface area contributed by atoms with Gasteiger partial charge < -0.3 is 14.6 Å². The molecule has 0 aliphatic heterocycles. The molecule has 106 valence electrons. The highest BCUT2D eigenvalue weighted by Gasteiger charge is 2.16. The predicted molar refractivity (Wildman–Crippen MR) is 74.8 cm³/mol. The Hall–Kier alpha value is -2.07. The second kappa shape index (κ2) is 5.92. The molecule has 20 heavy (non-hydrogen) atoms. The average Bonchev–Trinajstić information content (AvgIpc) is 2.40. The minimum atomic E-state index is -0.956. The van der Waals surface area contributed by atoms with Crippen molar-refractivity contribution < 1.29 is 19.0 Å². The van der Waals surface area contributed by atoms with E-state index < -0.39 is 11.9 Å². The fraction of sp³-hybridized carbons (Fsp3) is 0.250. The Balaban J connectivity index is 2.43. The molecule has 0 heterocycles. The maximum absolute atomic E-state index is 13.8. The number of aliphatic hydroxyl groups is 1. The lowest BCUT2D eigenvalue weighted by Crippen LogP contribution is -2.00. The van der Waals surface area contributed by atoms with Gasteiger partial charge in [0.1, 0.15) is 11.6 Å². The van der Waals surface area contributed by atoms with E-state index in [1.54, 1.807) is 19.2 Å². The highest BCUT2D eigenvalue weighted by atomic mass is 19.1. The van der Waals surface area contributed by atoms with E-state index in [4.69, 9.17) is 9.47 Å². The Labute approximate surface area is 117 Å². The van der Waals surface area contributed by atoms with Gasteiger partial charge in [-0.2, -0.15) is 0 Å². The summed E-state index contributed by atoms with van der Waals surface area (Å²) in [5.74, 6) is 0.821. The number of aryl methyl sites for hydroxylation is 1. The third-order valence-electron chi connectivity index (χ3n) is 2.97. The predicted octanol–water partition coefficient (Wildman–Crippen LogP) is 3.99. The first-order valence-electron chi connectivity index (χ1n) is 6.32. The Kier molecular flexibility index (Phi) is 4.25. The third kappa shape index (κ3) is 2.91. The lowest BCUT2D eigenvalue weighted by atomic mass is 10.1. The number of hydrogen-bond donors (Lipinski definition) is 1. The van der Waals surface area contributed by atoms with Crippen LogP contribution in [0.1, 0.15) is 24.2 Å². The topological polar surface area (TPSA) is 38.7 Å². The van der Waals surface area contributed by atoms with Crippen molar-refractivity contribution in [2.24, 2.45) is 0 Å². The zero-order chi connectivity index (χ0) is 14.7. The van der Waals surface area contributed by atoms with Gasteiger partial charge in [-0.15, -0.1) is 0 Å². The van der Waals surface area contributed by atoms with E-state index in [2.05, 4.69) is 0 Å². The van der Waals surface area contributed by atoms with Crippen molar-refractivity contribution in [2.75, 3.05) is 7.11 Å². The van der Waals surface area contributed by atoms with Gasteiger partial charge in [0, 0.05) is 0 Å². The second-order valence-corrected chi connectivity index (χ2v) is 4.58. The minimum Gasteiger partial charge on any atom is -0.493 e. The van der Waals surface area contributed by atoms with Crippen LogP contribution in [-0.2, 0) is 0 Å². The quantitative estimate of drug-likeness (QED) is 0.917. The van der Waals surface area contributed by atoms with Crippen LogP contribution >= 0.6 is 0 Å². The lowest BCUT2D eigenvalue weighted by molar-refractivity contribution is 0.190. The summed E-state index contributed by atoms with van der Waals surface area (Å²) in [5, 5.41) is 9.68. The zero-order valence-corrected chi connectivity index (χ0v) is 11.7. The molecular weight excluding hydrogens is 259 g/mol. The van der Waals surface area contributed by atoms with Crippen LogP contribution in [-0.4, -0.2) is 12.2 Å². The SMILES string of the molecule is COc1cc(C)ccc1Oc1cccc(F)c1C(C)O. The second-order valence-electron chi connectivity index (χ2n) is 4.58. The van der Waals surface area contributed by atoms with E-state index >= 15 is 0 Å². The normalized spacial score (nSPS) is 12.1. The number of benzene rings is 2. The van der Waals surface area contributed by atoms with Gasteiger partial charge in [-0.3, -0.25) is 0 Å². The summed E-state index contributed by atoms with van der Waals surface area (Å²) in [7, 11) is 1.54. The van der Waals surface area contributed by atoms with Crippen LogP contribution in [0.25, 0.3) is 0 Å². The highest BCUT2D eigenvalue weighted by Crippen LogP contribution is 2.36. The third-order valence-corrected chi connectivity index (χ3v) is 2.97. The van der Waals surface area contributed by atoms with Crippen LogP contribution in [0.15, 0.2) is 36.4 Å². The van der Waals surface area contributed by atoms with Crippen molar-refractivity contribution in [3.8, 4) is 17.2 Å². The molecule has 0 saturated heterocycles. The smallest absolute Gasteiger partial charge is 0.169 e.